The molecule has 5 fully saturated rings. The Morgan fingerprint density at radius 3 is 2.87 bits per heavy atom. The number of hydrogen-bond acceptors (Lipinski definition) is 5. The quantitative estimate of drug-likeness (QED) is 0.393. The minimum absolute atomic E-state index is 0.0180. The van der Waals surface area contributed by atoms with Crippen molar-refractivity contribution >= 4 is 11.6 Å². The first kappa shape index (κ1) is 19.0. The molecule has 1 aromatic rings. The average molecular weight is 411 g/mol. The molecule has 1 aromatic carbocycles. The van der Waals surface area contributed by atoms with Crippen molar-refractivity contribution in [3.05, 3.63) is 42.5 Å². The highest BCUT2D eigenvalue weighted by Crippen LogP contribution is 2.78. The molecule has 6 nitrogen and oxygen atoms in total. The van der Waals surface area contributed by atoms with E-state index in [1.807, 2.05) is 36.9 Å². The lowest BCUT2D eigenvalue weighted by molar-refractivity contribution is -0.199. The Morgan fingerprint density at radius 2 is 2.13 bits per heavy atom. The number of benzene rings is 1. The third-order valence-electron chi connectivity index (χ3n) is 8.61. The summed E-state index contributed by atoms with van der Waals surface area (Å²) in [5, 5.41) is 0. The molecule has 3 saturated heterocycles. The number of rotatable bonds is 7. The fourth-order valence-corrected chi connectivity index (χ4v) is 7.84. The van der Waals surface area contributed by atoms with E-state index in [4.69, 9.17) is 14.2 Å². The number of nitrogens with zero attached hydrogens (tertiary/aromatic N) is 2. The molecule has 2 aliphatic carbocycles. The van der Waals surface area contributed by atoms with Gasteiger partial charge in [-0.3, -0.25) is 14.6 Å². The van der Waals surface area contributed by atoms with Crippen molar-refractivity contribution in [2.24, 2.45) is 17.3 Å². The van der Waals surface area contributed by atoms with Crippen LogP contribution in [0.1, 0.15) is 25.8 Å². The molecule has 7 rings (SSSR count). The summed E-state index contributed by atoms with van der Waals surface area (Å²) < 4.78 is 17.8. The van der Waals surface area contributed by atoms with E-state index in [2.05, 4.69) is 23.6 Å². The molecule has 30 heavy (non-hydrogen) atoms. The molecular weight excluding hydrogens is 380 g/mol. The lowest BCUT2D eigenvalue weighted by Crippen LogP contribution is -2.62. The fourth-order valence-electron chi connectivity index (χ4n) is 7.84. The second-order valence-electron chi connectivity index (χ2n) is 9.47. The third kappa shape index (κ3) is 1.93. The maximum Gasteiger partial charge on any atom is 0.242 e. The van der Waals surface area contributed by atoms with E-state index in [0.717, 1.165) is 24.2 Å². The monoisotopic (exact) mass is 410 g/mol. The number of fused-ring (bicyclic) bond motifs is 2. The average Bonchev–Trinajstić information content (AvgIpc) is 2.97. The van der Waals surface area contributed by atoms with Crippen molar-refractivity contribution in [1.82, 2.24) is 4.90 Å². The summed E-state index contributed by atoms with van der Waals surface area (Å²) in [4.78, 5) is 18.7. The van der Waals surface area contributed by atoms with Crippen molar-refractivity contribution in [2.75, 3.05) is 31.9 Å². The predicted molar refractivity (Wildman–Crippen MR) is 112 cm³/mol. The van der Waals surface area contributed by atoms with Gasteiger partial charge in [0.15, 0.2) is 6.29 Å². The van der Waals surface area contributed by atoms with Gasteiger partial charge in [0.05, 0.1) is 11.8 Å². The highest BCUT2D eigenvalue weighted by atomic mass is 16.7. The van der Waals surface area contributed by atoms with Gasteiger partial charge in [0.25, 0.3) is 0 Å². The van der Waals surface area contributed by atoms with Gasteiger partial charge in [-0.25, -0.2) is 0 Å². The summed E-state index contributed by atoms with van der Waals surface area (Å²) in [6.45, 7) is 10.1. The van der Waals surface area contributed by atoms with Crippen molar-refractivity contribution < 1.29 is 19.0 Å². The summed E-state index contributed by atoms with van der Waals surface area (Å²) in [6.07, 6.45) is 2.46. The first-order chi connectivity index (χ1) is 14.6. The van der Waals surface area contributed by atoms with Gasteiger partial charge in [-0.15, -0.1) is 6.58 Å². The second-order valence-corrected chi connectivity index (χ2v) is 9.47. The van der Waals surface area contributed by atoms with Crippen molar-refractivity contribution in [3.63, 3.8) is 0 Å². The zero-order valence-corrected chi connectivity index (χ0v) is 17.9. The molecule has 0 radical (unpaired) electrons. The Labute approximate surface area is 177 Å². The van der Waals surface area contributed by atoms with Crippen LogP contribution in [0, 0.1) is 17.3 Å². The van der Waals surface area contributed by atoms with E-state index < -0.39 is 5.41 Å². The minimum atomic E-state index is -0.726. The minimum Gasteiger partial charge on any atom is -0.364 e. The highest BCUT2D eigenvalue weighted by molar-refractivity contribution is 6.09. The van der Waals surface area contributed by atoms with Crippen LogP contribution < -0.4 is 4.90 Å². The van der Waals surface area contributed by atoms with Crippen LogP contribution in [0.3, 0.4) is 0 Å². The molecule has 160 valence electrons. The molecule has 6 aliphatic rings. The third-order valence-corrected chi connectivity index (χ3v) is 8.61. The number of methoxy groups -OCH3 is 1. The number of hydrogen-bond donors (Lipinski definition) is 0. The van der Waals surface area contributed by atoms with E-state index >= 15 is 0 Å². The zero-order chi connectivity index (χ0) is 20.8. The van der Waals surface area contributed by atoms with Crippen LogP contribution in [0.25, 0.3) is 0 Å². The number of para-hydroxylation sites is 1. The topological polar surface area (TPSA) is 51.0 Å². The van der Waals surface area contributed by atoms with E-state index in [0.29, 0.717) is 24.6 Å². The van der Waals surface area contributed by atoms with Gasteiger partial charge in [0, 0.05) is 43.7 Å². The molecule has 4 heterocycles. The van der Waals surface area contributed by atoms with Crippen LogP contribution in [0.2, 0.25) is 0 Å². The molecule has 0 aromatic heterocycles. The van der Waals surface area contributed by atoms with Gasteiger partial charge < -0.3 is 14.2 Å². The SMILES string of the molecule is C=C[C@@]12CN3C4[C@@H]3[C@@H]1[C@]1(C(=O)N(COC)c3ccccc31)[C@@H](OC(C)OCC)C[C@H]42. The van der Waals surface area contributed by atoms with Gasteiger partial charge in [0.1, 0.15) is 12.1 Å². The number of carbonyl (C=O) groups excluding carboxylic acids is 1. The molecule has 6 bridgehead atoms. The number of anilines is 1. The Kier molecular flexibility index (Phi) is 3.90. The van der Waals surface area contributed by atoms with Gasteiger partial charge in [-0.2, -0.15) is 0 Å². The van der Waals surface area contributed by atoms with Crippen molar-refractivity contribution in [1.29, 1.82) is 0 Å². The highest BCUT2D eigenvalue weighted by Gasteiger charge is 2.87. The summed E-state index contributed by atoms with van der Waals surface area (Å²) in [5.74, 6) is 0.801. The van der Waals surface area contributed by atoms with E-state index in [-0.39, 0.29) is 36.4 Å². The molecule has 3 unspecified atom stereocenters. The molecule has 1 amide bonds. The number of piperidine rings is 3. The summed E-state index contributed by atoms with van der Waals surface area (Å²) in [5.41, 5.74) is 1.30. The Bertz CT molecular complexity index is 920. The van der Waals surface area contributed by atoms with Crippen LogP contribution in [-0.4, -0.2) is 62.3 Å². The fraction of sp³-hybridized carbons (Fsp3) is 0.625. The number of carbonyl (C=O) groups is 1. The smallest absolute Gasteiger partial charge is 0.242 e. The number of amides is 1. The van der Waals surface area contributed by atoms with Gasteiger partial charge >= 0.3 is 0 Å². The molecule has 4 aliphatic heterocycles. The van der Waals surface area contributed by atoms with E-state index in [9.17, 15) is 4.79 Å². The lowest BCUT2D eigenvalue weighted by atomic mass is 9.52. The molecular formula is C24H30N2O4. The first-order valence-corrected chi connectivity index (χ1v) is 11.1. The van der Waals surface area contributed by atoms with E-state index in [1.165, 1.54) is 0 Å². The largest absolute Gasteiger partial charge is 0.364 e. The Hall–Kier alpha value is -1.73. The van der Waals surface area contributed by atoms with Crippen LogP contribution >= 0.6 is 0 Å². The first-order valence-electron chi connectivity index (χ1n) is 11.1. The zero-order valence-electron chi connectivity index (χ0n) is 17.9. The standard InChI is InChI=1S/C24H30N2O4/c1-5-23-12-25-19-16(23)11-18(30-14(3)29-6-2)24(21(23)20(19)25)15-9-7-8-10-17(15)26(13-28-4)22(24)27/h5,7-10,14,16,18-21H,1,6,11-13H2,2-4H3/t14?,16-,18+,19?,20-,21+,23+,24-,25?/m1/s1. The normalized spacial score (nSPS) is 45.2. The van der Waals surface area contributed by atoms with Crippen LogP contribution in [0.5, 0.6) is 0 Å². The molecule has 2 saturated carbocycles. The lowest BCUT2D eigenvalue weighted by Gasteiger charge is -2.52. The Balaban J connectivity index is 1.55. The summed E-state index contributed by atoms with van der Waals surface area (Å²) >= 11 is 0. The molecule has 0 N–H and O–H groups in total. The van der Waals surface area contributed by atoms with Gasteiger partial charge in [-0.05, 0) is 37.8 Å². The van der Waals surface area contributed by atoms with Crippen molar-refractivity contribution in [2.45, 2.75) is 50.2 Å². The molecule has 6 heteroatoms. The van der Waals surface area contributed by atoms with Crippen LogP contribution in [0.4, 0.5) is 5.69 Å². The van der Waals surface area contributed by atoms with Gasteiger partial charge in [0.2, 0.25) is 5.91 Å². The van der Waals surface area contributed by atoms with Crippen molar-refractivity contribution in [3.8, 4) is 0 Å². The summed E-state index contributed by atoms with van der Waals surface area (Å²) in [6, 6.07) is 9.23. The second kappa shape index (κ2) is 6.16. The molecule has 9 atom stereocenters. The van der Waals surface area contributed by atoms with E-state index in [1.54, 1.807) is 7.11 Å². The maximum absolute atomic E-state index is 14.3. The maximum atomic E-state index is 14.3. The molecule has 1 spiro atoms. The van der Waals surface area contributed by atoms with Gasteiger partial charge in [-0.1, -0.05) is 24.3 Å². The predicted octanol–water partition coefficient (Wildman–Crippen LogP) is 2.53. The number of ether oxygens (including phenoxy) is 3. The van der Waals surface area contributed by atoms with Crippen LogP contribution in [0.15, 0.2) is 36.9 Å². The summed E-state index contributed by atoms with van der Waals surface area (Å²) in [7, 11) is 1.64. The Morgan fingerprint density at radius 1 is 1.33 bits per heavy atom. The van der Waals surface area contributed by atoms with Crippen LogP contribution in [-0.2, 0) is 24.4 Å².